The van der Waals surface area contributed by atoms with E-state index in [9.17, 15) is 10.2 Å². The molecular formula is C15H26IN3O3. The monoisotopic (exact) mass is 423 g/mol. The molecule has 0 amide bonds. The van der Waals surface area contributed by atoms with Crippen molar-refractivity contribution in [2.45, 2.75) is 37.9 Å². The lowest BCUT2D eigenvalue weighted by Crippen LogP contribution is -2.46. The van der Waals surface area contributed by atoms with Gasteiger partial charge in [-0.1, -0.05) is 6.42 Å². The second-order valence-electron chi connectivity index (χ2n) is 5.82. The van der Waals surface area contributed by atoms with Crippen LogP contribution in [0.4, 0.5) is 0 Å². The molecule has 2 rings (SSSR count). The van der Waals surface area contributed by atoms with Crippen LogP contribution in [-0.4, -0.2) is 42.4 Å². The van der Waals surface area contributed by atoms with E-state index in [0.717, 1.165) is 19.3 Å². The maximum atomic E-state index is 10.4. The molecule has 0 radical (unpaired) electrons. The van der Waals surface area contributed by atoms with Crippen molar-refractivity contribution >= 4 is 29.9 Å². The summed E-state index contributed by atoms with van der Waals surface area (Å²) in [5.41, 5.74) is -1.10. The Labute approximate surface area is 148 Å². The van der Waals surface area contributed by atoms with Gasteiger partial charge >= 0.3 is 0 Å². The van der Waals surface area contributed by atoms with Crippen LogP contribution in [0.2, 0.25) is 0 Å². The van der Waals surface area contributed by atoms with Gasteiger partial charge in [-0.05, 0) is 31.9 Å². The van der Waals surface area contributed by atoms with E-state index >= 15 is 0 Å². The fourth-order valence-corrected chi connectivity index (χ4v) is 2.63. The van der Waals surface area contributed by atoms with Crippen LogP contribution in [0, 0.1) is 5.92 Å². The Kier molecular flexibility index (Phi) is 7.64. The van der Waals surface area contributed by atoms with Gasteiger partial charge in [-0.2, -0.15) is 0 Å². The van der Waals surface area contributed by atoms with Crippen LogP contribution in [0.1, 0.15) is 31.9 Å². The van der Waals surface area contributed by atoms with Gasteiger partial charge in [-0.25, -0.2) is 0 Å². The van der Waals surface area contributed by atoms with Crippen LogP contribution in [0.5, 0.6) is 0 Å². The molecule has 1 heterocycles. The van der Waals surface area contributed by atoms with E-state index < -0.39 is 5.60 Å². The number of halogens is 1. The SMILES string of the molecule is CN=C(NCC1CCCC1O)NCC(C)(O)c1ccco1.I. The minimum Gasteiger partial charge on any atom is -0.466 e. The van der Waals surface area contributed by atoms with Gasteiger partial charge < -0.3 is 25.3 Å². The van der Waals surface area contributed by atoms with E-state index in [1.807, 2.05) is 0 Å². The number of nitrogens with zero attached hydrogens (tertiary/aromatic N) is 1. The first-order valence-electron chi connectivity index (χ1n) is 7.42. The Balaban J connectivity index is 0.00000242. The van der Waals surface area contributed by atoms with Gasteiger partial charge in [0.25, 0.3) is 0 Å². The lowest BCUT2D eigenvalue weighted by atomic mass is 10.0. The molecule has 7 heteroatoms. The summed E-state index contributed by atoms with van der Waals surface area (Å²) in [6, 6.07) is 3.49. The van der Waals surface area contributed by atoms with Crippen molar-refractivity contribution in [3.63, 3.8) is 0 Å². The Bertz CT molecular complexity index is 463. The summed E-state index contributed by atoms with van der Waals surface area (Å²) < 4.78 is 5.24. The van der Waals surface area contributed by atoms with Crippen LogP contribution < -0.4 is 10.6 Å². The predicted molar refractivity (Wildman–Crippen MR) is 96.4 cm³/mol. The second kappa shape index (κ2) is 8.73. The van der Waals surface area contributed by atoms with Gasteiger partial charge in [0.2, 0.25) is 0 Å². The van der Waals surface area contributed by atoms with Crippen molar-refractivity contribution in [2.75, 3.05) is 20.1 Å². The van der Waals surface area contributed by atoms with Gasteiger partial charge in [0.05, 0.1) is 18.9 Å². The molecule has 0 aromatic carbocycles. The van der Waals surface area contributed by atoms with Crippen molar-refractivity contribution in [2.24, 2.45) is 10.9 Å². The highest BCUT2D eigenvalue weighted by Gasteiger charge is 2.27. The molecule has 0 spiro atoms. The molecular weight excluding hydrogens is 397 g/mol. The topological polar surface area (TPSA) is 90.0 Å². The average molecular weight is 423 g/mol. The van der Waals surface area contributed by atoms with Gasteiger partial charge in [0.1, 0.15) is 11.4 Å². The first kappa shape index (κ1) is 19.2. The fraction of sp³-hybridized carbons (Fsp3) is 0.667. The highest BCUT2D eigenvalue weighted by atomic mass is 127. The number of guanidine groups is 1. The normalized spacial score (nSPS) is 24.5. The zero-order valence-corrected chi connectivity index (χ0v) is 15.4. The third-order valence-electron chi connectivity index (χ3n) is 4.03. The second-order valence-corrected chi connectivity index (χ2v) is 5.82. The number of aliphatic hydroxyl groups excluding tert-OH is 1. The highest BCUT2D eigenvalue weighted by molar-refractivity contribution is 14.0. The van der Waals surface area contributed by atoms with Crippen molar-refractivity contribution in [1.82, 2.24) is 10.6 Å². The molecule has 3 unspecified atom stereocenters. The molecule has 22 heavy (non-hydrogen) atoms. The molecule has 4 N–H and O–H groups in total. The quantitative estimate of drug-likeness (QED) is 0.327. The number of aliphatic hydroxyl groups is 2. The summed E-state index contributed by atoms with van der Waals surface area (Å²) in [5, 5.41) is 26.4. The van der Waals surface area contributed by atoms with Gasteiger partial charge in [0.15, 0.2) is 5.96 Å². The number of hydrogen-bond acceptors (Lipinski definition) is 4. The Hall–Kier alpha value is -0.800. The standard InChI is InChI=1S/C15H25N3O3.HI/c1-15(20,13-7-4-8-21-13)10-18-14(16-2)17-9-11-5-3-6-12(11)19;/h4,7-8,11-12,19-20H,3,5-6,9-10H2,1-2H3,(H2,16,17,18);1H. The highest BCUT2D eigenvalue weighted by Crippen LogP contribution is 2.24. The van der Waals surface area contributed by atoms with Crippen LogP contribution in [0.3, 0.4) is 0 Å². The van der Waals surface area contributed by atoms with E-state index in [2.05, 4.69) is 15.6 Å². The maximum Gasteiger partial charge on any atom is 0.191 e. The molecule has 1 fully saturated rings. The molecule has 1 aromatic heterocycles. The summed E-state index contributed by atoms with van der Waals surface area (Å²) in [7, 11) is 1.68. The third kappa shape index (κ3) is 5.13. The average Bonchev–Trinajstić information content (AvgIpc) is 3.11. The van der Waals surface area contributed by atoms with Crippen molar-refractivity contribution in [3.05, 3.63) is 24.2 Å². The minimum absolute atomic E-state index is 0. The smallest absolute Gasteiger partial charge is 0.191 e. The molecule has 1 aromatic rings. The van der Waals surface area contributed by atoms with E-state index in [1.165, 1.54) is 0 Å². The molecule has 1 aliphatic rings. The van der Waals surface area contributed by atoms with Crippen LogP contribution in [0.25, 0.3) is 0 Å². The zero-order chi connectivity index (χ0) is 15.3. The number of nitrogens with one attached hydrogen (secondary N) is 2. The number of hydrogen-bond donors (Lipinski definition) is 4. The summed E-state index contributed by atoms with van der Waals surface area (Å²) in [5.74, 6) is 1.40. The summed E-state index contributed by atoms with van der Waals surface area (Å²) in [6.07, 6.45) is 4.31. The van der Waals surface area contributed by atoms with Gasteiger partial charge in [-0.3, -0.25) is 4.99 Å². The summed E-state index contributed by atoms with van der Waals surface area (Å²) in [6.45, 7) is 2.66. The zero-order valence-electron chi connectivity index (χ0n) is 13.1. The van der Waals surface area contributed by atoms with E-state index in [-0.39, 0.29) is 42.5 Å². The summed E-state index contributed by atoms with van der Waals surface area (Å²) in [4.78, 5) is 4.13. The van der Waals surface area contributed by atoms with E-state index in [4.69, 9.17) is 4.42 Å². The number of furan rings is 1. The minimum atomic E-state index is -1.10. The first-order valence-corrected chi connectivity index (χ1v) is 7.42. The predicted octanol–water partition coefficient (Wildman–Crippen LogP) is 1.43. The van der Waals surface area contributed by atoms with Gasteiger partial charge in [-0.15, -0.1) is 24.0 Å². The van der Waals surface area contributed by atoms with Crippen LogP contribution >= 0.6 is 24.0 Å². The number of aliphatic imine (C=N–C) groups is 1. The molecule has 1 aliphatic carbocycles. The van der Waals surface area contributed by atoms with Crippen molar-refractivity contribution in [1.29, 1.82) is 0 Å². The number of rotatable bonds is 5. The molecule has 0 saturated heterocycles. The summed E-state index contributed by atoms with van der Waals surface area (Å²) >= 11 is 0. The van der Waals surface area contributed by atoms with Crippen LogP contribution in [0.15, 0.2) is 27.8 Å². The molecule has 0 aliphatic heterocycles. The first-order chi connectivity index (χ1) is 10.0. The maximum absolute atomic E-state index is 10.4. The van der Waals surface area contributed by atoms with E-state index in [0.29, 0.717) is 18.3 Å². The van der Waals surface area contributed by atoms with Crippen LogP contribution in [-0.2, 0) is 5.60 Å². The van der Waals surface area contributed by atoms with Crippen molar-refractivity contribution < 1.29 is 14.6 Å². The molecule has 126 valence electrons. The Morgan fingerprint density at radius 3 is 2.77 bits per heavy atom. The third-order valence-corrected chi connectivity index (χ3v) is 4.03. The molecule has 1 saturated carbocycles. The Morgan fingerprint density at radius 1 is 1.45 bits per heavy atom. The van der Waals surface area contributed by atoms with E-state index in [1.54, 1.807) is 32.4 Å². The molecule has 3 atom stereocenters. The van der Waals surface area contributed by atoms with Gasteiger partial charge in [0, 0.05) is 19.5 Å². The fourth-order valence-electron chi connectivity index (χ4n) is 2.63. The van der Waals surface area contributed by atoms with Crippen molar-refractivity contribution in [3.8, 4) is 0 Å². The molecule has 0 bridgehead atoms. The largest absolute Gasteiger partial charge is 0.466 e. The lowest BCUT2D eigenvalue weighted by molar-refractivity contribution is 0.0385. The Morgan fingerprint density at radius 2 is 2.23 bits per heavy atom. The molecule has 6 nitrogen and oxygen atoms in total. The lowest BCUT2D eigenvalue weighted by Gasteiger charge is -2.23.